The minimum atomic E-state index is -1.03. The van der Waals surface area contributed by atoms with Gasteiger partial charge in [-0.15, -0.1) is 0 Å². The maximum atomic E-state index is 12.1. The summed E-state index contributed by atoms with van der Waals surface area (Å²) in [6.45, 7) is 3.01. The Kier molecular flexibility index (Phi) is 6.18. The van der Waals surface area contributed by atoms with Gasteiger partial charge in [0.25, 0.3) is 11.6 Å². The summed E-state index contributed by atoms with van der Waals surface area (Å²) < 4.78 is 4.85. The molecule has 2 rings (SSSR count). The highest BCUT2D eigenvalue weighted by molar-refractivity contribution is 6.34. The van der Waals surface area contributed by atoms with E-state index in [0.717, 1.165) is 23.3 Å². The van der Waals surface area contributed by atoms with Gasteiger partial charge in [0, 0.05) is 11.1 Å². The lowest BCUT2D eigenvalue weighted by atomic mass is 10.1. The van der Waals surface area contributed by atoms with E-state index < -0.39 is 29.1 Å². The molecule has 0 aliphatic rings. The Morgan fingerprint density at radius 2 is 1.88 bits per heavy atom. The van der Waals surface area contributed by atoms with Gasteiger partial charge in [-0.2, -0.15) is 0 Å². The van der Waals surface area contributed by atoms with Crippen LogP contribution >= 0.6 is 23.2 Å². The number of ether oxygens (including phenoxy) is 1. The highest BCUT2D eigenvalue weighted by Gasteiger charge is 2.22. The van der Waals surface area contributed by atoms with Crippen molar-refractivity contribution in [3.63, 3.8) is 0 Å². The predicted molar refractivity (Wildman–Crippen MR) is 97.9 cm³/mol. The number of carbonyl (C=O) groups excluding carboxylic acids is 2. The Morgan fingerprint density at radius 1 is 1.19 bits per heavy atom. The number of benzene rings is 2. The Balaban J connectivity index is 2.08. The van der Waals surface area contributed by atoms with E-state index in [1.165, 1.54) is 6.07 Å². The van der Waals surface area contributed by atoms with Gasteiger partial charge in [-0.25, -0.2) is 4.79 Å². The Hall–Kier alpha value is -2.64. The van der Waals surface area contributed by atoms with Crippen LogP contribution in [0.25, 0.3) is 0 Å². The number of nitrogens with zero attached hydrogens (tertiary/aromatic N) is 1. The number of nitro groups is 1. The molecule has 0 atom stereocenters. The van der Waals surface area contributed by atoms with E-state index in [-0.39, 0.29) is 10.6 Å². The lowest BCUT2D eigenvalue weighted by Crippen LogP contribution is -2.22. The third-order valence-corrected chi connectivity index (χ3v) is 3.94. The first kappa shape index (κ1) is 19.7. The van der Waals surface area contributed by atoms with E-state index in [4.69, 9.17) is 27.9 Å². The molecule has 0 saturated heterocycles. The predicted octanol–water partition coefficient (Wildman–Crippen LogP) is 4.31. The molecule has 7 nitrogen and oxygen atoms in total. The summed E-state index contributed by atoms with van der Waals surface area (Å²) in [5, 5.41) is 14.0. The van der Waals surface area contributed by atoms with Crippen molar-refractivity contribution in [1.82, 2.24) is 0 Å². The van der Waals surface area contributed by atoms with E-state index in [2.05, 4.69) is 5.32 Å². The molecule has 0 unspecified atom stereocenters. The van der Waals surface area contributed by atoms with E-state index in [9.17, 15) is 19.7 Å². The van der Waals surface area contributed by atoms with Crippen molar-refractivity contribution in [2.24, 2.45) is 0 Å². The zero-order chi connectivity index (χ0) is 19.4. The summed E-state index contributed by atoms with van der Waals surface area (Å²) in [5.74, 6) is -1.65. The van der Waals surface area contributed by atoms with Gasteiger partial charge in [0.1, 0.15) is 5.56 Å². The molecule has 0 aliphatic heterocycles. The molecular weight excluding hydrogens is 383 g/mol. The standard InChI is InChI=1S/C17H14Cl2N2O5/c1-9-5-10(2)16(13(19)6-9)20-15(22)8-26-17(23)12-7-11(18)3-4-14(12)21(24)25/h3-7H,8H2,1-2H3,(H,20,22). The van der Waals surface area contributed by atoms with Crippen molar-refractivity contribution in [1.29, 1.82) is 0 Å². The third-order valence-electron chi connectivity index (χ3n) is 3.41. The first-order chi connectivity index (χ1) is 12.2. The first-order valence-corrected chi connectivity index (χ1v) is 8.12. The maximum absolute atomic E-state index is 12.1. The number of rotatable bonds is 5. The molecule has 1 amide bonds. The van der Waals surface area contributed by atoms with E-state index >= 15 is 0 Å². The summed E-state index contributed by atoms with van der Waals surface area (Å²) in [5.41, 5.74) is 1.30. The molecule has 0 spiro atoms. The van der Waals surface area contributed by atoms with Gasteiger partial charge in [0.15, 0.2) is 6.61 Å². The largest absolute Gasteiger partial charge is 0.452 e. The normalized spacial score (nSPS) is 10.3. The zero-order valence-electron chi connectivity index (χ0n) is 13.8. The molecule has 9 heteroatoms. The quantitative estimate of drug-likeness (QED) is 0.461. The number of esters is 1. The number of aryl methyl sites for hydroxylation is 2. The fourth-order valence-corrected chi connectivity index (χ4v) is 2.83. The zero-order valence-corrected chi connectivity index (χ0v) is 15.4. The number of carbonyl (C=O) groups is 2. The topological polar surface area (TPSA) is 98.5 Å². The molecule has 0 saturated carbocycles. The van der Waals surface area contributed by atoms with Gasteiger partial charge in [-0.1, -0.05) is 29.3 Å². The van der Waals surface area contributed by atoms with Crippen molar-refractivity contribution < 1.29 is 19.2 Å². The van der Waals surface area contributed by atoms with Crippen LogP contribution in [-0.2, 0) is 9.53 Å². The van der Waals surface area contributed by atoms with Gasteiger partial charge in [0.2, 0.25) is 0 Å². The Morgan fingerprint density at radius 3 is 2.50 bits per heavy atom. The molecule has 2 aromatic rings. The second-order valence-corrected chi connectivity index (χ2v) is 6.33. The van der Waals surface area contributed by atoms with Crippen LogP contribution in [0.3, 0.4) is 0 Å². The lowest BCUT2D eigenvalue weighted by molar-refractivity contribution is -0.385. The number of hydrogen-bond acceptors (Lipinski definition) is 5. The fourth-order valence-electron chi connectivity index (χ4n) is 2.29. The SMILES string of the molecule is Cc1cc(C)c(NC(=O)COC(=O)c2cc(Cl)ccc2[N+](=O)[O-])c(Cl)c1. The molecule has 1 N–H and O–H groups in total. The van der Waals surface area contributed by atoms with Gasteiger partial charge in [-0.05, 0) is 43.2 Å². The van der Waals surface area contributed by atoms with E-state index in [1.54, 1.807) is 13.0 Å². The summed E-state index contributed by atoms with van der Waals surface area (Å²) in [4.78, 5) is 34.3. The van der Waals surface area contributed by atoms with E-state index in [1.807, 2.05) is 13.0 Å². The van der Waals surface area contributed by atoms with Crippen molar-refractivity contribution >= 4 is 46.5 Å². The molecule has 0 aromatic heterocycles. The van der Waals surface area contributed by atoms with Crippen LogP contribution in [0.5, 0.6) is 0 Å². The Labute approximate surface area is 159 Å². The maximum Gasteiger partial charge on any atom is 0.345 e. The number of hydrogen-bond donors (Lipinski definition) is 1. The molecule has 0 aliphatic carbocycles. The highest BCUT2D eigenvalue weighted by atomic mass is 35.5. The van der Waals surface area contributed by atoms with Gasteiger partial charge in [-0.3, -0.25) is 14.9 Å². The van der Waals surface area contributed by atoms with Crippen LogP contribution < -0.4 is 5.32 Å². The van der Waals surface area contributed by atoms with E-state index in [0.29, 0.717) is 10.7 Å². The third kappa shape index (κ3) is 4.71. The molecule has 0 radical (unpaired) electrons. The van der Waals surface area contributed by atoms with Crippen LogP contribution in [0.2, 0.25) is 10.0 Å². The number of anilines is 1. The van der Waals surface area contributed by atoms with Crippen LogP contribution in [0, 0.1) is 24.0 Å². The first-order valence-electron chi connectivity index (χ1n) is 7.36. The molecule has 0 bridgehead atoms. The summed E-state index contributed by atoms with van der Waals surface area (Å²) >= 11 is 11.9. The molecule has 136 valence electrons. The number of halogens is 2. The monoisotopic (exact) mass is 396 g/mol. The van der Waals surface area contributed by atoms with Crippen molar-refractivity contribution in [3.8, 4) is 0 Å². The van der Waals surface area contributed by atoms with Crippen molar-refractivity contribution in [2.75, 3.05) is 11.9 Å². The van der Waals surface area contributed by atoms with Crippen LogP contribution in [0.1, 0.15) is 21.5 Å². The summed E-state index contributed by atoms with van der Waals surface area (Å²) in [6.07, 6.45) is 0. The smallest absolute Gasteiger partial charge is 0.345 e. The van der Waals surface area contributed by atoms with Crippen molar-refractivity contribution in [3.05, 3.63) is 67.2 Å². The molecule has 26 heavy (non-hydrogen) atoms. The molecular formula is C17H14Cl2N2O5. The average molecular weight is 397 g/mol. The molecule has 0 heterocycles. The summed E-state index contributed by atoms with van der Waals surface area (Å²) in [6, 6.07) is 7.01. The summed E-state index contributed by atoms with van der Waals surface area (Å²) in [7, 11) is 0. The van der Waals surface area contributed by atoms with Crippen LogP contribution in [0.15, 0.2) is 30.3 Å². The van der Waals surface area contributed by atoms with Crippen LogP contribution in [0.4, 0.5) is 11.4 Å². The number of nitrogens with one attached hydrogen (secondary N) is 1. The van der Waals surface area contributed by atoms with Gasteiger partial charge >= 0.3 is 5.97 Å². The average Bonchev–Trinajstić information content (AvgIpc) is 2.55. The molecule has 0 fully saturated rings. The lowest BCUT2D eigenvalue weighted by Gasteiger charge is -2.12. The minimum absolute atomic E-state index is 0.133. The highest BCUT2D eigenvalue weighted by Crippen LogP contribution is 2.27. The van der Waals surface area contributed by atoms with Crippen molar-refractivity contribution in [2.45, 2.75) is 13.8 Å². The second-order valence-electron chi connectivity index (χ2n) is 5.48. The van der Waals surface area contributed by atoms with Gasteiger partial charge in [0.05, 0.1) is 15.6 Å². The Bertz CT molecular complexity index is 876. The second kappa shape index (κ2) is 8.16. The van der Waals surface area contributed by atoms with Crippen LogP contribution in [-0.4, -0.2) is 23.4 Å². The van der Waals surface area contributed by atoms with Gasteiger partial charge < -0.3 is 10.1 Å². The number of nitro benzene ring substituents is 1. The number of amides is 1. The minimum Gasteiger partial charge on any atom is -0.452 e. The molecule has 2 aromatic carbocycles. The fraction of sp³-hybridized carbons (Fsp3) is 0.176.